The Labute approximate surface area is 69.8 Å². The highest BCUT2D eigenvalue weighted by molar-refractivity contribution is 4.85. The largest absolute Gasteiger partial charge is 0.300 e. The first-order valence-electron chi connectivity index (χ1n) is 4.86. The minimum absolute atomic E-state index is 0.495. The highest BCUT2D eigenvalue weighted by Crippen LogP contribution is 2.28. The van der Waals surface area contributed by atoms with Crippen LogP contribution in [-0.4, -0.2) is 24.0 Å². The molecule has 0 amide bonds. The average Bonchev–Trinajstić information content (AvgIpc) is 2.04. The van der Waals surface area contributed by atoms with Crippen molar-refractivity contribution in [2.75, 3.05) is 13.1 Å². The third-order valence-electron chi connectivity index (χ3n) is 3.11. The van der Waals surface area contributed by atoms with E-state index in [-0.39, 0.29) is 0 Å². The SMILES string of the molecule is [CH]C1CCN2CCCCC2C1. The Hall–Kier alpha value is -0.0400. The fourth-order valence-electron chi connectivity index (χ4n) is 2.42. The van der Waals surface area contributed by atoms with E-state index in [4.69, 9.17) is 6.92 Å². The molecule has 11 heavy (non-hydrogen) atoms. The van der Waals surface area contributed by atoms with E-state index in [1.54, 1.807) is 0 Å². The highest BCUT2D eigenvalue weighted by atomic mass is 15.2. The van der Waals surface area contributed by atoms with Crippen molar-refractivity contribution in [2.45, 2.75) is 38.1 Å². The molecule has 2 unspecified atom stereocenters. The zero-order valence-electron chi connectivity index (χ0n) is 7.13. The van der Waals surface area contributed by atoms with Crippen molar-refractivity contribution in [2.24, 2.45) is 5.92 Å². The Morgan fingerprint density at radius 2 is 2.00 bits per heavy atom. The van der Waals surface area contributed by atoms with Gasteiger partial charge in [0, 0.05) is 6.04 Å². The number of hydrogen-bond acceptors (Lipinski definition) is 1. The van der Waals surface area contributed by atoms with Crippen molar-refractivity contribution in [1.82, 2.24) is 4.90 Å². The first-order valence-corrected chi connectivity index (χ1v) is 4.86. The van der Waals surface area contributed by atoms with Gasteiger partial charge in [0.05, 0.1) is 0 Å². The molecule has 0 aliphatic carbocycles. The van der Waals surface area contributed by atoms with Gasteiger partial charge in [-0.2, -0.15) is 0 Å². The molecule has 2 aliphatic heterocycles. The second kappa shape index (κ2) is 3.14. The van der Waals surface area contributed by atoms with Gasteiger partial charge in [-0.05, 0) is 51.6 Å². The van der Waals surface area contributed by atoms with E-state index in [2.05, 4.69) is 4.90 Å². The van der Waals surface area contributed by atoms with Crippen LogP contribution in [0.15, 0.2) is 0 Å². The lowest BCUT2D eigenvalue weighted by molar-refractivity contribution is 0.0902. The topological polar surface area (TPSA) is 3.24 Å². The summed E-state index contributed by atoms with van der Waals surface area (Å²) in [6.07, 6.45) is 6.70. The lowest BCUT2D eigenvalue weighted by atomic mass is 9.87. The highest BCUT2D eigenvalue weighted by Gasteiger charge is 2.27. The van der Waals surface area contributed by atoms with Gasteiger partial charge in [-0.15, -0.1) is 0 Å². The van der Waals surface area contributed by atoms with Crippen LogP contribution in [0.25, 0.3) is 0 Å². The van der Waals surface area contributed by atoms with Gasteiger partial charge >= 0.3 is 0 Å². The summed E-state index contributed by atoms with van der Waals surface area (Å²) < 4.78 is 0. The number of piperidine rings is 2. The van der Waals surface area contributed by atoms with Crippen LogP contribution in [0.5, 0.6) is 0 Å². The Balaban J connectivity index is 1.93. The van der Waals surface area contributed by atoms with Gasteiger partial charge in [-0.25, -0.2) is 0 Å². The quantitative estimate of drug-likeness (QED) is 0.511. The fourth-order valence-corrected chi connectivity index (χ4v) is 2.42. The summed E-state index contributed by atoms with van der Waals surface area (Å²) in [5, 5.41) is 0. The smallest absolute Gasteiger partial charge is 0.00980 e. The summed E-state index contributed by atoms with van der Waals surface area (Å²) in [5.41, 5.74) is 0. The molecule has 62 valence electrons. The van der Waals surface area contributed by atoms with E-state index >= 15 is 0 Å². The van der Waals surface area contributed by atoms with Crippen molar-refractivity contribution in [3.8, 4) is 0 Å². The molecule has 2 heterocycles. The molecule has 0 N–H and O–H groups in total. The monoisotopic (exact) mass is 151 g/mol. The van der Waals surface area contributed by atoms with Gasteiger partial charge in [0.1, 0.15) is 0 Å². The standard InChI is InChI=1S/C10H17N/c1-9-5-7-11-6-3-2-4-10(11)8-9/h1,9-10H,2-8H2. The maximum absolute atomic E-state index is 5.92. The normalized spacial score (nSPS) is 40.1. The Kier molecular flexibility index (Phi) is 2.17. The Morgan fingerprint density at radius 3 is 2.91 bits per heavy atom. The molecule has 2 saturated heterocycles. The van der Waals surface area contributed by atoms with E-state index < -0.39 is 0 Å². The van der Waals surface area contributed by atoms with Crippen molar-refractivity contribution in [1.29, 1.82) is 0 Å². The average molecular weight is 151 g/mol. The molecule has 0 aromatic rings. The van der Waals surface area contributed by atoms with Crippen LogP contribution >= 0.6 is 0 Å². The molecule has 2 rings (SSSR count). The maximum Gasteiger partial charge on any atom is 0.00980 e. The number of hydrogen-bond donors (Lipinski definition) is 0. The molecule has 0 aromatic heterocycles. The molecule has 2 fully saturated rings. The summed E-state index contributed by atoms with van der Waals surface area (Å²) in [5.74, 6) is 0.495. The minimum atomic E-state index is 0.495. The maximum atomic E-state index is 5.92. The molecule has 0 aromatic carbocycles. The molecule has 1 nitrogen and oxygen atoms in total. The van der Waals surface area contributed by atoms with E-state index in [1.165, 1.54) is 45.2 Å². The number of nitrogens with zero attached hydrogens (tertiary/aromatic N) is 1. The van der Waals surface area contributed by atoms with Gasteiger partial charge in [-0.1, -0.05) is 6.42 Å². The lowest BCUT2D eigenvalue weighted by Gasteiger charge is -2.41. The predicted octanol–water partition coefficient (Wildman–Crippen LogP) is 1.96. The summed E-state index contributed by atoms with van der Waals surface area (Å²) in [4.78, 5) is 2.63. The number of rotatable bonds is 0. The Bertz CT molecular complexity index is 133. The molecular weight excluding hydrogens is 134 g/mol. The summed E-state index contributed by atoms with van der Waals surface area (Å²) in [6, 6.07) is 0.840. The van der Waals surface area contributed by atoms with E-state index in [0.717, 1.165) is 6.04 Å². The summed E-state index contributed by atoms with van der Waals surface area (Å²) in [7, 11) is 0. The number of fused-ring (bicyclic) bond motifs is 1. The van der Waals surface area contributed by atoms with Crippen LogP contribution in [0, 0.1) is 12.8 Å². The Morgan fingerprint density at radius 1 is 1.09 bits per heavy atom. The molecular formula is C10H17N. The molecule has 2 aliphatic rings. The summed E-state index contributed by atoms with van der Waals surface area (Å²) in [6.45, 7) is 8.50. The zero-order valence-corrected chi connectivity index (χ0v) is 7.13. The van der Waals surface area contributed by atoms with E-state index in [9.17, 15) is 0 Å². The van der Waals surface area contributed by atoms with Crippen LogP contribution in [0.3, 0.4) is 0 Å². The van der Waals surface area contributed by atoms with Crippen LogP contribution < -0.4 is 0 Å². The van der Waals surface area contributed by atoms with Crippen molar-refractivity contribution >= 4 is 0 Å². The molecule has 0 saturated carbocycles. The minimum Gasteiger partial charge on any atom is -0.300 e. The second-order valence-corrected chi connectivity index (χ2v) is 3.97. The van der Waals surface area contributed by atoms with E-state index in [0.29, 0.717) is 5.92 Å². The summed E-state index contributed by atoms with van der Waals surface area (Å²) >= 11 is 0. The van der Waals surface area contributed by atoms with Gasteiger partial charge in [0.15, 0.2) is 0 Å². The van der Waals surface area contributed by atoms with Gasteiger partial charge in [0.25, 0.3) is 0 Å². The lowest BCUT2D eigenvalue weighted by Crippen LogP contribution is -2.44. The molecule has 0 spiro atoms. The second-order valence-electron chi connectivity index (χ2n) is 3.97. The molecule has 1 heteroatoms. The third kappa shape index (κ3) is 1.58. The van der Waals surface area contributed by atoms with Gasteiger partial charge in [0.2, 0.25) is 0 Å². The van der Waals surface area contributed by atoms with Crippen LogP contribution in [0.4, 0.5) is 0 Å². The third-order valence-corrected chi connectivity index (χ3v) is 3.11. The van der Waals surface area contributed by atoms with Crippen molar-refractivity contribution < 1.29 is 0 Å². The van der Waals surface area contributed by atoms with Crippen LogP contribution in [0.2, 0.25) is 0 Å². The van der Waals surface area contributed by atoms with Gasteiger partial charge in [-0.3, -0.25) is 0 Å². The van der Waals surface area contributed by atoms with Crippen molar-refractivity contribution in [3.05, 3.63) is 6.92 Å². The van der Waals surface area contributed by atoms with E-state index in [1.807, 2.05) is 0 Å². The molecule has 2 atom stereocenters. The first-order chi connectivity index (χ1) is 5.36. The molecule has 2 radical (unpaired) electrons. The van der Waals surface area contributed by atoms with Crippen LogP contribution in [0.1, 0.15) is 32.1 Å². The zero-order chi connectivity index (χ0) is 7.68. The predicted molar refractivity (Wildman–Crippen MR) is 46.2 cm³/mol. The van der Waals surface area contributed by atoms with Crippen LogP contribution in [-0.2, 0) is 0 Å². The van der Waals surface area contributed by atoms with Crippen molar-refractivity contribution in [3.63, 3.8) is 0 Å². The first kappa shape index (κ1) is 7.60. The van der Waals surface area contributed by atoms with Gasteiger partial charge < -0.3 is 4.90 Å². The molecule has 0 bridgehead atoms. The fraction of sp³-hybridized carbons (Fsp3) is 0.900.